The molecule has 1 unspecified atom stereocenters. The van der Waals surface area contributed by atoms with Gasteiger partial charge in [-0.2, -0.15) is 0 Å². The minimum Gasteiger partial charge on any atom is -0.497 e. The molecule has 0 aliphatic carbocycles. The summed E-state index contributed by atoms with van der Waals surface area (Å²) >= 11 is 0. The number of carbonyl (C=O) groups is 1. The van der Waals surface area contributed by atoms with Gasteiger partial charge in [0.1, 0.15) is 5.75 Å². The molecule has 146 valence electrons. The van der Waals surface area contributed by atoms with Gasteiger partial charge in [-0.15, -0.1) is 0 Å². The number of benzene rings is 2. The van der Waals surface area contributed by atoms with Crippen molar-refractivity contribution in [1.82, 2.24) is 4.90 Å². The number of amides is 1. The Labute approximate surface area is 160 Å². The van der Waals surface area contributed by atoms with Crippen LogP contribution in [0, 0.1) is 6.92 Å². The molecule has 27 heavy (non-hydrogen) atoms. The third-order valence-electron chi connectivity index (χ3n) is 4.39. The van der Waals surface area contributed by atoms with Crippen LogP contribution in [0.15, 0.2) is 47.4 Å². The van der Waals surface area contributed by atoms with Crippen molar-refractivity contribution in [2.45, 2.75) is 24.8 Å². The summed E-state index contributed by atoms with van der Waals surface area (Å²) < 4.78 is 33.2. The first-order valence-electron chi connectivity index (χ1n) is 8.44. The van der Waals surface area contributed by atoms with Crippen molar-refractivity contribution in [3.05, 3.63) is 53.6 Å². The number of ether oxygens (including phenoxy) is 1. The van der Waals surface area contributed by atoms with Gasteiger partial charge >= 0.3 is 0 Å². The van der Waals surface area contributed by atoms with Crippen LogP contribution in [0.1, 0.15) is 22.8 Å². The summed E-state index contributed by atoms with van der Waals surface area (Å²) in [6.07, 6.45) is 0. The second kappa shape index (κ2) is 8.41. The maximum absolute atomic E-state index is 12.8. The molecule has 0 radical (unpaired) electrons. The number of methoxy groups -OCH3 is 1. The second-order valence-electron chi connectivity index (χ2n) is 6.32. The summed E-state index contributed by atoms with van der Waals surface area (Å²) in [5, 5.41) is 0. The molecule has 0 spiro atoms. The van der Waals surface area contributed by atoms with E-state index in [1.807, 2.05) is 6.92 Å². The predicted octanol–water partition coefficient (Wildman–Crippen LogP) is 2.22. The van der Waals surface area contributed by atoms with E-state index in [9.17, 15) is 13.2 Å². The highest BCUT2D eigenvalue weighted by Crippen LogP contribution is 2.23. The Morgan fingerprint density at radius 3 is 2.41 bits per heavy atom. The van der Waals surface area contributed by atoms with E-state index in [0.29, 0.717) is 29.1 Å². The van der Waals surface area contributed by atoms with Crippen LogP contribution in [0.3, 0.4) is 0 Å². The molecule has 0 bridgehead atoms. The maximum Gasteiger partial charge on any atom is 0.262 e. The van der Waals surface area contributed by atoms with Gasteiger partial charge in [0.15, 0.2) is 0 Å². The van der Waals surface area contributed by atoms with Gasteiger partial charge in [0.2, 0.25) is 0 Å². The number of nitrogens with one attached hydrogen (secondary N) is 1. The standard InChI is InChI=1S/C19H25N3O4S/c1-13-5-6-15(19(23)22(3)14(2)12-20)11-18(13)27(24,25)21-16-7-9-17(26-4)10-8-16/h5-11,14,21H,12,20H2,1-4H3. The first kappa shape index (κ1) is 20.7. The number of aryl methyl sites for hydroxylation is 1. The zero-order valence-electron chi connectivity index (χ0n) is 15.9. The molecule has 2 rings (SSSR count). The molecule has 0 aliphatic heterocycles. The van der Waals surface area contributed by atoms with Crippen LogP contribution in [0.2, 0.25) is 0 Å². The lowest BCUT2D eigenvalue weighted by molar-refractivity contribution is 0.0748. The summed E-state index contributed by atoms with van der Waals surface area (Å²) in [4.78, 5) is 14.2. The van der Waals surface area contributed by atoms with Crippen LogP contribution in [0.25, 0.3) is 0 Å². The second-order valence-corrected chi connectivity index (χ2v) is 7.97. The Kier molecular flexibility index (Phi) is 6.45. The maximum atomic E-state index is 12.8. The highest BCUT2D eigenvalue weighted by molar-refractivity contribution is 7.92. The molecule has 0 saturated heterocycles. The Bertz CT molecular complexity index is 911. The fraction of sp³-hybridized carbons (Fsp3) is 0.316. The average molecular weight is 391 g/mol. The number of carbonyl (C=O) groups excluding carboxylic acids is 1. The smallest absolute Gasteiger partial charge is 0.262 e. The largest absolute Gasteiger partial charge is 0.497 e. The van der Waals surface area contributed by atoms with E-state index in [4.69, 9.17) is 10.5 Å². The molecule has 2 aromatic rings. The number of nitrogens with two attached hydrogens (primary N) is 1. The number of sulfonamides is 1. The lowest BCUT2D eigenvalue weighted by atomic mass is 10.1. The topological polar surface area (TPSA) is 102 Å². The lowest BCUT2D eigenvalue weighted by Gasteiger charge is -2.24. The van der Waals surface area contributed by atoms with Crippen molar-refractivity contribution in [3.8, 4) is 5.75 Å². The molecule has 0 aliphatic rings. The molecule has 8 heteroatoms. The molecule has 2 aromatic carbocycles. The Hall–Kier alpha value is -2.58. The Morgan fingerprint density at radius 2 is 1.85 bits per heavy atom. The quantitative estimate of drug-likeness (QED) is 0.754. The zero-order chi connectivity index (χ0) is 20.2. The fourth-order valence-corrected chi connectivity index (χ4v) is 3.78. The monoisotopic (exact) mass is 391 g/mol. The molecular formula is C19H25N3O4S. The van der Waals surface area contributed by atoms with Crippen molar-refractivity contribution in [1.29, 1.82) is 0 Å². The summed E-state index contributed by atoms with van der Waals surface area (Å²) in [5.74, 6) is 0.340. The Morgan fingerprint density at radius 1 is 1.22 bits per heavy atom. The third-order valence-corrected chi connectivity index (χ3v) is 5.91. The molecule has 0 fully saturated rings. The molecule has 1 atom stereocenters. The van der Waals surface area contributed by atoms with Gasteiger partial charge < -0.3 is 15.4 Å². The normalized spacial score (nSPS) is 12.3. The SMILES string of the molecule is COc1ccc(NS(=O)(=O)c2cc(C(=O)N(C)C(C)CN)ccc2C)cc1. The van der Waals surface area contributed by atoms with Gasteiger partial charge in [-0.25, -0.2) is 8.42 Å². The van der Waals surface area contributed by atoms with E-state index >= 15 is 0 Å². The molecular weight excluding hydrogens is 366 g/mol. The molecule has 1 amide bonds. The van der Waals surface area contributed by atoms with E-state index in [0.717, 1.165) is 0 Å². The van der Waals surface area contributed by atoms with Crippen LogP contribution in [-0.4, -0.2) is 46.0 Å². The van der Waals surface area contributed by atoms with E-state index in [-0.39, 0.29) is 16.8 Å². The van der Waals surface area contributed by atoms with Crippen molar-refractivity contribution in [2.24, 2.45) is 5.73 Å². The molecule has 7 nitrogen and oxygen atoms in total. The van der Waals surface area contributed by atoms with Crippen LogP contribution < -0.4 is 15.2 Å². The minimum absolute atomic E-state index is 0.0537. The van der Waals surface area contributed by atoms with Gasteiger partial charge in [-0.3, -0.25) is 9.52 Å². The van der Waals surface area contributed by atoms with Gasteiger partial charge in [0.25, 0.3) is 15.9 Å². The van der Waals surface area contributed by atoms with Crippen LogP contribution in [-0.2, 0) is 10.0 Å². The summed E-state index contributed by atoms with van der Waals surface area (Å²) in [6, 6.07) is 11.0. The highest BCUT2D eigenvalue weighted by Gasteiger charge is 2.22. The number of nitrogens with zero attached hydrogens (tertiary/aromatic N) is 1. The van der Waals surface area contributed by atoms with Crippen LogP contribution in [0.4, 0.5) is 5.69 Å². The van der Waals surface area contributed by atoms with Crippen molar-refractivity contribution in [2.75, 3.05) is 25.4 Å². The van der Waals surface area contributed by atoms with Gasteiger partial charge in [0, 0.05) is 30.9 Å². The summed E-state index contributed by atoms with van der Waals surface area (Å²) in [6.45, 7) is 3.83. The van der Waals surface area contributed by atoms with Crippen molar-refractivity contribution < 1.29 is 17.9 Å². The lowest BCUT2D eigenvalue weighted by Crippen LogP contribution is -2.39. The van der Waals surface area contributed by atoms with E-state index in [1.54, 1.807) is 50.4 Å². The predicted molar refractivity (Wildman–Crippen MR) is 106 cm³/mol. The van der Waals surface area contributed by atoms with Gasteiger partial charge in [0.05, 0.1) is 12.0 Å². The first-order chi connectivity index (χ1) is 12.7. The first-order valence-corrected chi connectivity index (χ1v) is 9.92. The zero-order valence-corrected chi connectivity index (χ0v) is 16.7. The molecule has 0 heterocycles. The Balaban J connectivity index is 2.34. The number of hydrogen-bond donors (Lipinski definition) is 2. The number of rotatable bonds is 7. The number of likely N-dealkylation sites (N-methyl/N-ethyl adjacent to an activating group) is 1. The summed E-state index contributed by atoms with van der Waals surface area (Å²) in [7, 11) is -0.680. The number of anilines is 1. The van der Waals surface area contributed by atoms with Crippen molar-refractivity contribution >= 4 is 21.6 Å². The number of hydrogen-bond acceptors (Lipinski definition) is 5. The highest BCUT2D eigenvalue weighted by atomic mass is 32.2. The van der Waals surface area contributed by atoms with E-state index in [1.165, 1.54) is 18.1 Å². The average Bonchev–Trinajstić information content (AvgIpc) is 2.66. The molecule has 0 saturated carbocycles. The fourth-order valence-electron chi connectivity index (χ4n) is 2.45. The third kappa shape index (κ3) is 4.78. The van der Waals surface area contributed by atoms with Crippen LogP contribution in [0.5, 0.6) is 5.75 Å². The van der Waals surface area contributed by atoms with Gasteiger partial charge in [-0.05, 0) is 55.8 Å². The van der Waals surface area contributed by atoms with E-state index < -0.39 is 10.0 Å². The molecule has 3 N–H and O–H groups in total. The minimum atomic E-state index is -3.86. The van der Waals surface area contributed by atoms with Crippen molar-refractivity contribution in [3.63, 3.8) is 0 Å². The summed E-state index contributed by atoms with van der Waals surface area (Å²) in [5.41, 5.74) is 6.85. The van der Waals surface area contributed by atoms with E-state index in [2.05, 4.69) is 4.72 Å². The van der Waals surface area contributed by atoms with Gasteiger partial charge in [-0.1, -0.05) is 6.07 Å². The molecule has 0 aromatic heterocycles. The van der Waals surface area contributed by atoms with Crippen LogP contribution >= 0.6 is 0 Å².